The fourth-order valence-electron chi connectivity index (χ4n) is 2.42. The summed E-state index contributed by atoms with van der Waals surface area (Å²) in [5, 5.41) is 4.21. The molecule has 0 saturated carbocycles. The molecular formula is C15H18N2O6. The molecule has 0 aromatic heterocycles. The van der Waals surface area contributed by atoms with Crippen molar-refractivity contribution >= 4 is 17.8 Å². The Bertz CT molecular complexity index is 625. The standard InChI is InChI=1S/C15H18N2O6/c1-15(12(18)16-14(20)17-13(15)19)7-8-5-9(21-2)11(23-4)10(6-8)22-3/h5-6H,7H2,1-4H3,(H2,16,17,18,19,20). The van der Waals surface area contributed by atoms with Gasteiger partial charge in [-0.15, -0.1) is 0 Å². The lowest BCUT2D eigenvalue weighted by Crippen LogP contribution is -2.62. The number of urea groups is 1. The van der Waals surface area contributed by atoms with Gasteiger partial charge in [0.1, 0.15) is 5.41 Å². The fraction of sp³-hybridized carbons (Fsp3) is 0.400. The zero-order valence-electron chi connectivity index (χ0n) is 13.3. The van der Waals surface area contributed by atoms with Gasteiger partial charge in [0.25, 0.3) is 0 Å². The van der Waals surface area contributed by atoms with Crippen LogP contribution in [0.25, 0.3) is 0 Å². The highest BCUT2D eigenvalue weighted by Crippen LogP contribution is 2.40. The summed E-state index contributed by atoms with van der Waals surface area (Å²) in [6, 6.07) is 2.50. The first-order valence-electron chi connectivity index (χ1n) is 6.81. The number of amides is 4. The molecule has 1 aliphatic rings. The number of ether oxygens (including phenoxy) is 3. The van der Waals surface area contributed by atoms with Crippen molar-refractivity contribution in [2.24, 2.45) is 5.41 Å². The first kappa shape index (κ1) is 16.6. The van der Waals surface area contributed by atoms with Crippen LogP contribution in [0.15, 0.2) is 12.1 Å². The summed E-state index contributed by atoms with van der Waals surface area (Å²) in [6.07, 6.45) is 0.0641. The van der Waals surface area contributed by atoms with E-state index < -0.39 is 23.3 Å². The predicted octanol–water partition coefficient (Wildman–Crippen LogP) is 0.627. The van der Waals surface area contributed by atoms with E-state index in [9.17, 15) is 14.4 Å². The van der Waals surface area contributed by atoms with Gasteiger partial charge in [-0.2, -0.15) is 0 Å². The zero-order valence-corrected chi connectivity index (χ0v) is 13.3. The highest BCUT2D eigenvalue weighted by atomic mass is 16.5. The topological polar surface area (TPSA) is 103 Å². The van der Waals surface area contributed by atoms with Gasteiger partial charge in [-0.25, -0.2) is 4.79 Å². The number of carbonyl (C=O) groups is 3. The molecule has 2 N–H and O–H groups in total. The third-order valence-corrected chi connectivity index (χ3v) is 3.74. The lowest BCUT2D eigenvalue weighted by atomic mass is 9.80. The van der Waals surface area contributed by atoms with Crippen LogP contribution in [0.5, 0.6) is 17.2 Å². The van der Waals surface area contributed by atoms with E-state index in [0.717, 1.165) is 0 Å². The molecule has 4 amide bonds. The number of benzene rings is 1. The SMILES string of the molecule is COc1cc(CC2(C)C(=O)NC(=O)NC2=O)cc(OC)c1OC. The van der Waals surface area contributed by atoms with E-state index in [0.29, 0.717) is 22.8 Å². The van der Waals surface area contributed by atoms with Crippen LogP contribution in [0.2, 0.25) is 0 Å². The molecule has 1 saturated heterocycles. The predicted molar refractivity (Wildman–Crippen MR) is 79.6 cm³/mol. The molecule has 23 heavy (non-hydrogen) atoms. The van der Waals surface area contributed by atoms with Crippen LogP contribution in [0.1, 0.15) is 12.5 Å². The van der Waals surface area contributed by atoms with Gasteiger partial charge < -0.3 is 14.2 Å². The quantitative estimate of drug-likeness (QED) is 0.771. The largest absolute Gasteiger partial charge is 0.493 e. The average molecular weight is 322 g/mol. The second-order valence-electron chi connectivity index (χ2n) is 5.28. The summed E-state index contributed by atoms with van der Waals surface area (Å²) >= 11 is 0. The maximum absolute atomic E-state index is 12.1. The highest BCUT2D eigenvalue weighted by Gasteiger charge is 2.46. The molecule has 0 atom stereocenters. The number of hydrogen-bond acceptors (Lipinski definition) is 6. The van der Waals surface area contributed by atoms with Gasteiger partial charge in [0.2, 0.25) is 17.6 Å². The van der Waals surface area contributed by atoms with E-state index in [-0.39, 0.29) is 6.42 Å². The minimum Gasteiger partial charge on any atom is -0.493 e. The summed E-state index contributed by atoms with van der Waals surface area (Å²) in [6.45, 7) is 1.47. The Morgan fingerprint density at radius 2 is 1.39 bits per heavy atom. The van der Waals surface area contributed by atoms with Gasteiger partial charge in [0.15, 0.2) is 11.5 Å². The molecule has 1 aromatic carbocycles. The Hall–Kier alpha value is -2.77. The van der Waals surface area contributed by atoms with Crippen molar-refractivity contribution in [3.8, 4) is 17.2 Å². The minimum atomic E-state index is -1.42. The summed E-state index contributed by atoms with van der Waals surface area (Å²) in [5.74, 6) is -0.0621. The minimum absolute atomic E-state index is 0.0641. The van der Waals surface area contributed by atoms with Crippen LogP contribution < -0.4 is 24.8 Å². The van der Waals surface area contributed by atoms with Crippen LogP contribution in [0.3, 0.4) is 0 Å². The molecule has 0 unspecified atom stereocenters. The van der Waals surface area contributed by atoms with Gasteiger partial charge in [-0.3, -0.25) is 20.2 Å². The van der Waals surface area contributed by atoms with Crippen molar-refractivity contribution in [3.05, 3.63) is 17.7 Å². The number of rotatable bonds is 5. The smallest absolute Gasteiger partial charge is 0.328 e. The summed E-state index contributed by atoms with van der Waals surface area (Å²) < 4.78 is 15.7. The summed E-state index contributed by atoms with van der Waals surface area (Å²) in [5.41, 5.74) is -0.792. The maximum Gasteiger partial charge on any atom is 0.328 e. The molecule has 0 bridgehead atoms. The number of methoxy groups -OCH3 is 3. The Kier molecular flexibility index (Phi) is 4.44. The number of imide groups is 2. The maximum atomic E-state index is 12.1. The van der Waals surface area contributed by atoms with E-state index in [2.05, 4.69) is 10.6 Å². The zero-order chi connectivity index (χ0) is 17.2. The number of nitrogens with one attached hydrogen (secondary N) is 2. The molecular weight excluding hydrogens is 304 g/mol. The highest BCUT2D eigenvalue weighted by molar-refractivity contribution is 6.19. The molecule has 2 rings (SSSR count). The molecule has 8 heteroatoms. The summed E-state index contributed by atoms with van der Waals surface area (Å²) in [4.78, 5) is 35.4. The van der Waals surface area contributed by atoms with Gasteiger partial charge in [0, 0.05) is 0 Å². The molecule has 124 valence electrons. The van der Waals surface area contributed by atoms with Gasteiger partial charge in [-0.05, 0) is 31.0 Å². The van der Waals surface area contributed by atoms with E-state index in [1.807, 2.05) is 0 Å². The molecule has 8 nitrogen and oxygen atoms in total. The normalized spacial score (nSPS) is 16.4. The van der Waals surface area contributed by atoms with Crippen LogP contribution in [-0.2, 0) is 16.0 Å². The second-order valence-corrected chi connectivity index (χ2v) is 5.28. The number of carbonyl (C=O) groups excluding carboxylic acids is 3. The molecule has 0 spiro atoms. The van der Waals surface area contributed by atoms with Crippen molar-refractivity contribution in [3.63, 3.8) is 0 Å². The van der Waals surface area contributed by atoms with E-state index in [1.165, 1.54) is 28.3 Å². The Morgan fingerprint density at radius 3 is 1.78 bits per heavy atom. The van der Waals surface area contributed by atoms with E-state index in [4.69, 9.17) is 14.2 Å². The fourth-order valence-corrected chi connectivity index (χ4v) is 2.42. The monoisotopic (exact) mass is 322 g/mol. The van der Waals surface area contributed by atoms with Crippen molar-refractivity contribution < 1.29 is 28.6 Å². The van der Waals surface area contributed by atoms with Crippen LogP contribution >= 0.6 is 0 Å². The Labute approximate surface area is 133 Å². The second kappa shape index (κ2) is 6.15. The molecule has 1 aliphatic heterocycles. The Balaban J connectivity index is 2.41. The first-order valence-corrected chi connectivity index (χ1v) is 6.81. The van der Waals surface area contributed by atoms with E-state index >= 15 is 0 Å². The summed E-state index contributed by atoms with van der Waals surface area (Å²) in [7, 11) is 4.43. The van der Waals surface area contributed by atoms with Crippen LogP contribution in [-0.4, -0.2) is 39.2 Å². The first-order chi connectivity index (χ1) is 10.8. The number of barbiturate groups is 1. The van der Waals surface area contributed by atoms with Gasteiger partial charge in [-0.1, -0.05) is 0 Å². The van der Waals surface area contributed by atoms with Gasteiger partial charge in [0.05, 0.1) is 21.3 Å². The van der Waals surface area contributed by atoms with E-state index in [1.54, 1.807) is 12.1 Å². The molecule has 1 fully saturated rings. The molecule has 0 aliphatic carbocycles. The van der Waals surface area contributed by atoms with Gasteiger partial charge >= 0.3 is 6.03 Å². The lowest BCUT2D eigenvalue weighted by Gasteiger charge is -2.30. The third kappa shape index (κ3) is 2.92. The molecule has 1 aromatic rings. The van der Waals surface area contributed by atoms with Crippen molar-refractivity contribution in [1.82, 2.24) is 10.6 Å². The van der Waals surface area contributed by atoms with Crippen molar-refractivity contribution in [2.75, 3.05) is 21.3 Å². The number of hydrogen-bond donors (Lipinski definition) is 2. The van der Waals surface area contributed by atoms with Crippen LogP contribution in [0.4, 0.5) is 4.79 Å². The van der Waals surface area contributed by atoms with Crippen LogP contribution in [0, 0.1) is 5.41 Å². The van der Waals surface area contributed by atoms with Crippen molar-refractivity contribution in [1.29, 1.82) is 0 Å². The Morgan fingerprint density at radius 1 is 0.913 bits per heavy atom. The molecule has 0 radical (unpaired) electrons. The molecule has 1 heterocycles. The average Bonchev–Trinajstić information content (AvgIpc) is 2.51. The van der Waals surface area contributed by atoms with Crippen molar-refractivity contribution in [2.45, 2.75) is 13.3 Å². The lowest BCUT2D eigenvalue weighted by molar-refractivity contribution is -0.143. The third-order valence-electron chi connectivity index (χ3n) is 3.74.